The summed E-state index contributed by atoms with van der Waals surface area (Å²) in [4.78, 5) is 23.6. The minimum Gasteiger partial charge on any atom is -0.465 e. The fraction of sp³-hybridized carbons (Fsp3) is 0.500. The molecule has 0 saturated heterocycles. The van der Waals surface area contributed by atoms with Crippen molar-refractivity contribution < 1.29 is 14.3 Å². The third-order valence-electron chi connectivity index (χ3n) is 4.13. The monoisotopic (exact) mass is 290 g/mol. The maximum atomic E-state index is 12.3. The Morgan fingerprint density at radius 2 is 1.81 bits per heavy atom. The minimum absolute atomic E-state index is 0.0930. The van der Waals surface area contributed by atoms with Crippen LogP contribution in [-0.4, -0.2) is 24.5 Å². The molecule has 0 unspecified atom stereocenters. The van der Waals surface area contributed by atoms with E-state index in [-0.39, 0.29) is 17.9 Å². The van der Waals surface area contributed by atoms with Gasteiger partial charge in [0.25, 0.3) is 0 Å². The first kappa shape index (κ1) is 15.5. The van der Waals surface area contributed by atoms with Crippen molar-refractivity contribution in [3.8, 4) is 0 Å². The molecule has 21 heavy (non-hydrogen) atoms. The highest BCUT2D eigenvalue weighted by atomic mass is 16.5. The summed E-state index contributed by atoms with van der Waals surface area (Å²) in [6.07, 6.45) is 3.50. The van der Waals surface area contributed by atoms with Gasteiger partial charge in [-0.1, -0.05) is 25.0 Å². The molecule has 1 aromatic carbocycles. The van der Waals surface area contributed by atoms with Crippen LogP contribution in [0.3, 0.4) is 0 Å². The molecule has 1 aliphatic carbocycles. The number of rotatable bonds is 4. The van der Waals surface area contributed by atoms with Gasteiger partial charge in [-0.3, -0.25) is 4.79 Å². The number of benzene rings is 1. The molecule has 1 amide bonds. The van der Waals surface area contributed by atoms with Gasteiger partial charge >= 0.3 is 5.97 Å². The standard InChI is InChI=1S/C16H22N2O3/c1-11(18-15(20)16(17)9-3-4-10-16)12-5-7-13(8-6-12)14(19)21-2/h5-8,11H,3-4,9-10,17H2,1-2H3,(H,18,20)/t11-/m0/s1. The Morgan fingerprint density at radius 1 is 1.24 bits per heavy atom. The molecule has 0 aromatic heterocycles. The zero-order chi connectivity index (χ0) is 15.5. The number of esters is 1. The Morgan fingerprint density at radius 3 is 2.33 bits per heavy atom. The molecule has 0 aliphatic heterocycles. The van der Waals surface area contributed by atoms with E-state index < -0.39 is 5.54 Å². The normalized spacial score (nSPS) is 18.0. The molecule has 1 aromatic rings. The number of nitrogens with one attached hydrogen (secondary N) is 1. The van der Waals surface area contributed by atoms with Gasteiger partial charge in [0.2, 0.25) is 5.91 Å². The first-order chi connectivity index (χ1) is 9.96. The van der Waals surface area contributed by atoms with Crippen LogP contribution >= 0.6 is 0 Å². The second-order valence-corrected chi connectivity index (χ2v) is 5.67. The largest absolute Gasteiger partial charge is 0.465 e. The van der Waals surface area contributed by atoms with Crippen molar-refractivity contribution in [2.75, 3.05) is 7.11 Å². The van der Waals surface area contributed by atoms with E-state index in [1.165, 1.54) is 7.11 Å². The molecule has 2 rings (SSSR count). The van der Waals surface area contributed by atoms with Crippen molar-refractivity contribution in [2.24, 2.45) is 5.73 Å². The molecule has 0 radical (unpaired) electrons. The molecule has 1 aliphatic rings. The summed E-state index contributed by atoms with van der Waals surface area (Å²) in [7, 11) is 1.35. The fourth-order valence-electron chi connectivity index (χ4n) is 2.68. The van der Waals surface area contributed by atoms with E-state index in [2.05, 4.69) is 10.1 Å². The summed E-state index contributed by atoms with van der Waals surface area (Å²) in [6.45, 7) is 1.91. The Labute approximate surface area is 124 Å². The van der Waals surface area contributed by atoms with Crippen molar-refractivity contribution >= 4 is 11.9 Å². The summed E-state index contributed by atoms with van der Waals surface area (Å²) in [5.41, 5.74) is 6.84. The van der Waals surface area contributed by atoms with Crippen molar-refractivity contribution in [3.05, 3.63) is 35.4 Å². The molecular weight excluding hydrogens is 268 g/mol. The predicted octanol–water partition coefficient (Wildman–Crippen LogP) is 1.92. The quantitative estimate of drug-likeness (QED) is 0.830. The zero-order valence-electron chi connectivity index (χ0n) is 12.5. The number of carbonyl (C=O) groups is 2. The Hall–Kier alpha value is -1.88. The fourth-order valence-corrected chi connectivity index (χ4v) is 2.68. The van der Waals surface area contributed by atoms with Gasteiger partial charge in [-0.2, -0.15) is 0 Å². The van der Waals surface area contributed by atoms with E-state index in [9.17, 15) is 9.59 Å². The highest BCUT2D eigenvalue weighted by molar-refractivity contribution is 5.89. The molecule has 3 N–H and O–H groups in total. The van der Waals surface area contributed by atoms with Gasteiger partial charge in [0.1, 0.15) is 0 Å². The van der Waals surface area contributed by atoms with Crippen molar-refractivity contribution in [1.29, 1.82) is 0 Å². The van der Waals surface area contributed by atoms with Crippen LogP contribution in [0.1, 0.15) is 54.6 Å². The molecule has 114 valence electrons. The van der Waals surface area contributed by atoms with Crippen LogP contribution in [0, 0.1) is 0 Å². The van der Waals surface area contributed by atoms with Gasteiger partial charge in [-0.25, -0.2) is 4.79 Å². The molecular formula is C16H22N2O3. The summed E-state index contributed by atoms with van der Waals surface area (Å²) in [5.74, 6) is -0.463. The Bertz CT molecular complexity index is 519. The van der Waals surface area contributed by atoms with E-state index in [0.29, 0.717) is 5.56 Å². The number of hydrogen-bond acceptors (Lipinski definition) is 4. The van der Waals surface area contributed by atoms with E-state index >= 15 is 0 Å². The predicted molar refractivity (Wildman–Crippen MR) is 79.7 cm³/mol. The van der Waals surface area contributed by atoms with Crippen LogP contribution in [0.2, 0.25) is 0 Å². The Balaban J connectivity index is 2.01. The lowest BCUT2D eigenvalue weighted by Gasteiger charge is -2.25. The summed E-state index contributed by atoms with van der Waals surface area (Å²) < 4.78 is 4.66. The van der Waals surface area contributed by atoms with Crippen molar-refractivity contribution in [2.45, 2.75) is 44.2 Å². The molecule has 1 saturated carbocycles. The summed E-state index contributed by atoms with van der Waals surface area (Å²) in [6, 6.07) is 6.87. The van der Waals surface area contributed by atoms with Crippen molar-refractivity contribution in [1.82, 2.24) is 5.32 Å². The lowest BCUT2D eigenvalue weighted by atomic mass is 9.97. The third-order valence-corrected chi connectivity index (χ3v) is 4.13. The van der Waals surface area contributed by atoms with Crippen molar-refractivity contribution in [3.63, 3.8) is 0 Å². The van der Waals surface area contributed by atoms with Gasteiger partial charge in [0.15, 0.2) is 0 Å². The van der Waals surface area contributed by atoms with E-state index in [1.54, 1.807) is 12.1 Å². The number of ether oxygens (including phenoxy) is 1. The molecule has 0 heterocycles. The van der Waals surface area contributed by atoms with Gasteiger partial charge in [0.05, 0.1) is 24.3 Å². The van der Waals surface area contributed by atoms with Crippen LogP contribution < -0.4 is 11.1 Å². The molecule has 5 nitrogen and oxygen atoms in total. The highest BCUT2D eigenvalue weighted by Gasteiger charge is 2.37. The smallest absolute Gasteiger partial charge is 0.337 e. The van der Waals surface area contributed by atoms with Crippen LogP contribution in [0.25, 0.3) is 0 Å². The second kappa shape index (κ2) is 6.26. The maximum Gasteiger partial charge on any atom is 0.337 e. The molecule has 1 atom stereocenters. The van der Waals surface area contributed by atoms with E-state index in [1.807, 2.05) is 19.1 Å². The van der Waals surface area contributed by atoms with Crippen LogP contribution in [0.5, 0.6) is 0 Å². The van der Waals surface area contributed by atoms with Gasteiger partial charge < -0.3 is 15.8 Å². The molecule has 0 bridgehead atoms. The van der Waals surface area contributed by atoms with Gasteiger partial charge in [0, 0.05) is 0 Å². The summed E-state index contributed by atoms with van der Waals surface area (Å²) >= 11 is 0. The molecule has 1 fully saturated rings. The summed E-state index contributed by atoms with van der Waals surface area (Å²) in [5, 5.41) is 2.96. The topological polar surface area (TPSA) is 81.4 Å². The third kappa shape index (κ3) is 3.42. The van der Waals surface area contributed by atoms with Gasteiger partial charge in [-0.15, -0.1) is 0 Å². The van der Waals surface area contributed by atoms with Crippen LogP contribution in [0.4, 0.5) is 0 Å². The van der Waals surface area contributed by atoms with E-state index in [0.717, 1.165) is 31.2 Å². The SMILES string of the molecule is COC(=O)c1ccc([C@H](C)NC(=O)C2(N)CCCC2)cc1. The number of hydrogen-bond donors (Lipinski definition) is 2. The minimum atomic E-state index is -0.722. The lowest BCUT2D eigenvalue weighted by molar-refractivity contribution is -0.126. The number of carbonyl (C=O) groups excluding carboxylic acids is 2. The lowest BCUT2D eigenvalue weighted by Crippen LogP contribution is -2.52. The molecule has 0 spiro atoms. The number of nitrogens with two attached hydrogens (primary N) is 1. The second-order valence-electron chi connectivity index (χ2n) is 5.67. The average molecular weight is 290 g/mol. The van der Waals surface area contributed by atoms with Crippen LogP contribution in [0.15, 0.2) is 24.3 Å². The maximum absolute atomic E-state index is 12.3. The Kier molecular flexibility index (Phi) is 4.63. The number of methoxy groups -OCH3 is 1. The highest BCUT2D eigenvalue weighted by Crippen LogP contribution is 2.28. The van der Waals surface area contributed by atoms with E-state index in [4.69, 9.17) is 5.73 Å². The zero-order valence-corrected chi connectivity index (χ0v) is 12.5. The first-order valence-electron chi connectivity index (χ1n) is 7.24. The first-order valence-corrected chi connectivity index (χ1v) is 7.24. The van der Waals surface area contributed by atoms with Crippen LogP contribution in [-0.2, 0) is 9.53 Å². The number of amides is 1. The molecule has 5 heteroatoms. The van der Waals surface area contributed by atoms with Gasteiger partial charge in [-0.05, 0) is 37.5 Å². The average Bonchev–Trinajstić information content (AvgIpc) is 2.94.